The third-order valence-electron chi connectivity index (χ3n) is 8.19. The van der Waals surface area contributed by atoms with Gasteiger partial charge in [0.25, 0.3) is 5.91 Å². The molecule has 4 atom stereocenters. The van der Waals surface area contributed by atoms with Gasteiger partial charge in [-0.05, 0) is 79.5 Å². The fourth-order valence-electron chi connectivity index (χ4n) is 5.23. The lowest BCUT2D eigenvalue weighted by molar-refractivity contribution is 0.0982. The van der Waals surface area contributed by atoms with Gasteiger partial charge in [0.15, 0.2) is 0 Å². The molecule has 216 valence electrons. The average molecular weight is 575 g/mol. The van der Waals surface area contributed by atoms with Gasteiger partial charge in [-0.15, -0.1) is 0 Å². The minimum Gasteiger partial charge on any atom is -0.491 e. The van der Waals surface area contributed by atoms with Gasteiger partial charge in [0.2, 0.25) is 0 Å². The molecule has 1 aliphatic heterocycles. The molecular formula is C32H47ClN2O3S. The second-order valence-corrected chi connectivity index (χ2v) is 12.8. The Labute approximate surface area is 243 Å². The first-order chi connectivity index (χ1) is 18.8. The van der Waals surface area contributed by atoms with Gasteiger partial charge in [-0.2, -0.15) is 0 Å². The highest BCUT2D eigenvalue weighted by Crippen LogP contribution is 2.39. The van der Waals surface area contributed by atoms with E-state index in [-0.39, 0.29) is 23.0 Å². The molecule has 0 spiro atoms. The van der Waals surface area contributed by atoms with Crippen LogP contribution in [0.5, 0.6) is 5.75 Å². The van der Waals surface area contributed by atoms with Crippen LogP contribution in [0.25, 0.3) is 0 Å². The van der Waals surface area contributed by atoms with Crippen LogP contribution in [-0.2, 0) is 17.4 Å². The topological polar surface area (TPSA) is 58.6 Å². The molecule has 2 aliphatic rings. The number of fused-ring (bicyclic) bond motifs is 1. The van der Waals surface area contributed by atoms with Crippen molar-refractivity contribution in [3.8, 4) is 5.75 Å². The maximum atomic E-state index is 13.1. The van der Waals surface area contributed by atoms with Crippen molar-refractivity contribution in [1.29, 1.82) is 0 Å². The molecule has 2 aromatic carbocycles. The van der Waals surface area contributed by atoms with Gasteiger partial charge >= 0.3 is 0 Å². The summed E-state index contributed by atoms with van der Waals surface area (Å²) in [6.07, 6.45) is 6.73. The number of amides is 1. The van der Waals surface area contributed by atoms with Crippen LogP contribution in [0.1, 0.15) is 101 Å². The Balaban J connectivity index is 0.00000205. The average Bonchev–Trinajstić information content (AvgIpc) is 3.10. The Morgan fingerprint density at radius 2 is 1.90 bits per heavy atom. The molecule has 4 rings (SSSR count). The summed E-state index contributed by atoms with van der Waals surface area (Å²) in [5, 5.41) is 0.665. The summed E-state index contributed by atoms with van der Waals surface area (Å²) in [7, 11) is -1.43. The largest absolute Gasteiger partial charge is 0.491 e. The fourth-order valence-corrected chi connectivity index (χ4v) is 6.52. The summed E-state index contributed by atoms with van der Waals surface area (Å²) in [5.74, 6) is 1.63. The number of ether oxygens (including phenoxy) is 1. The van der Waals surface area contributed by atoms with E-state index in [4.69, 9.17) is 16.3 Å². The zero-order valence-electron chi connectivity index (χ0n) is 24.6. The number of benzene rings is 2. The van der Waals surface area contributed by atoms with Crippen molar-refractivity contribution in [2.75, 3.05) is 24.6 Å². The van der Waals surface area contributed by atoms with Crippen LogP contribution in [-0.4, -0.2) is 35.1 Å². The molecular weight excluding hydrogens is 528 g/mol. The van der Waals surface area contributed by atoms with Gasteiger partial charge in [-0.25, -0.2) is 4.21 Å². The second kappa shape index (κ2) is 15.1. The van der Waals surface area contributed by atoms with Crippen molar-refractivity contribution in [3.63, 3.8) is 0 Å². The van der Waals surface area contributed by atoms with Crippen molar-refractivity contribution in [2.45, 2.75) is 91.2 Å². The third-order valence-corrected chi connectivity index (χ3v) is 9.95. The standard InChI is InChI=1S/C30H41ClN2O3S.C2H6/c1-5-8-23-15-26(31)12-13-27(23)25-18-33(17-22-9-7-10-22)28-16-24(11-14-29(28)36-19-25)30(34)32-37(35)21(4)20(3)6-2;1-2/h11-16,20-22,25H,5-10,17-19H2,1-4H3,(H,32,34);1-2H3. The van der Waals surface area contributed by atoms with Gasteiger partial charge in [0.1, 0.15) is 16.7 Å². The van der Waals surface area contributed by atoms with Gasteiger partial charge in [-0.1, -0.05) is 71.5 Å². The van der Waals surface area contributed by atoms with Crippen molar-refractivity contribution < 1.29 is 13.7 Å². The number of rotatable bonds is 10. The molecule has 4 unspecified atom stereocenters. The maximum absolute atomic E-state index is 13.1. The lowest BCUT2D eigenvalue weighted by Gasteiger charge is -2.35. The van der Waals surface area contributed by atoms with E-state index in [0.29, 0.717) is 18.1 Å². The van der Waals surface area contributed by atoms with Crippen LogP contribution < -0.4 is 14.4 Å². The lowest BCUT2D eigenvalue weighted by Crippen LogP contribution is -2.36. The Morgan fingerprint density at radius 1 is 1.15 bits per heavy atom. The van der Waals surface area contributed by atoms with Gasteiger partial charge in [0.05, 0.1) is 17.5 Å². The molecule has 1 heterocycles. The normalized spacial score (nSPS) is 19.3. The van der Waals surface area contributed by atoms with Gasteiger partial charge in [-0.3, -0.25) is 9.52 Å². The van der Waals surface area contributed by atoms with E-state index in [9.17, 15) is 9.00 Å². The molecule has 1 amide bonds. The van der Waals surface area contributed by atoms with E-state index in [0.717, 1.165) is 48.8 Å². The number of carbonyl (C=O) groups is 1. The molecule has 1 N–H and O–H groups in total. The van der Waals surface area contributed by atoms with Crippen LogP contribution in [0.4, 0.5) is 5.69 Å². The molecule has 1 saturated carbocycles. The summed E-state index contributed by atoms with van der Waals surface area (Å²) >= 11 is 6.35. The van der Waals surface area contributed by atoms with Crippen LogP contribution in [0.2, 0.25) is 5.02 Å². The summed E-state index contributed by atoms with van der Waals surface area (Å²) in [6.45, 7) is 14.6. The Kier molecular flexibility index (Phi) is 12.2. The molecule has 1 fully saturated rings. The first-order valence-electron chi connectivity index (χ1n) is 14.8. The van der Waals surface area contributed by atoms with Crippen LogP contribution in [0.15, 0.2) is 36.4 Å². The quantitative estimate of drug-likeness (QED) is 0.313. The number of hydrogen-bond acceptors (Lipinski definition) is 4. The highest BCUT2D eigenvalue weighted by Gasteiger charge is 2.30. The smallest absolute Gasteiger partial charge is 0.263 e. The number of anilines is 1. The fraction of sp³-hybridized carbons (Fsp3) is 0.594. The lowest BCUT2D eigenvalue weighted by atomic mass is 9.84. The summed E-state index contributed by atoms with van der Waals surface area (Å²) in [4.78, 5) is 15.5. The third kappa shape index (κ3) is 8.00. The van der Waals surface area contributed by atoms with E-state index < -0.39 is 11.0 Å². The first kappa shape index (κ1) is 31.5. The highest BCUT2D eigenvalue weighted by atomic mass is 35.5. The van der Waals surface area contributed by atoms with Crippen LogP contribution >= 0.6 is 11.6 Å². The van der Waals surface area contributed by atoms with E-state index >= 15 is 0 Å². The van der Waals surface area contributed by atoms with Crippen LogP contribution in [0, 0.1) is 11.8 Å². The zero-order valence-corrected chi connectivity index (χ0v) is 26.2. The number of halogens is 1. The molecule has 0 saturated heterocycles. The minimum atomic E-state index is -1.43. The Morgan fingerprint density at radius 3 is 2.54 bits per heavy atom. The highest BCUT2D eigenvalue weighted by molar-refractivity contribution is 7.84. The number of nitrogens with one attached hydrogen (secondary N) is 1. The minimum absolute atomic E-state index is 0.106. The monoisotopic (exact) mass is 574 g/mol. The summed E-state index contributed by atoms with van der Waals surface area (Å²) in [5.41, 5.74) is 4.05. The molecule has 39 heavy (non-hydrogen) atoms. The zero-order chi connectivity index (χ0) is 28.5. The number of carbonyl (C=O) groups excluding carboxylic acids is 1. The molecule has 0 aromatic heterocycles. The second-order valence-electron chi connectivity index (χ2n) is 10.8. The summed E-state index contributed by atoms with van der Waals surface area (Å²) in [6, 6.07) is 11.8. The number of hydrogen-bond donors (Lipinski definition) is 1. The maximum Gasteiger partial charge on any atom is 0.263 e. The van der Waals surface area contributed by atoms with Crippen molar-refractivity contribution in [2.24, 2.45) is 11.8 Å². The van der Waals surface area contributed by atoms with E-state index in [1.165, 1.54) is 30.4 Å². The number of nitrogens with zero attached hydrogens (tertiary/aromatic N) is 1. The van der Waals surface area contributed by atoms with Gasteiger partial charge in [0, 0.05) is 29.6 Å². The van der Waals surface area contributed by atoms with E-state index in [2.05, 4.69) is 42.5 Å². The van der Waals surface area contributed by atoms with E-state index in [1.54, 1.807) is 6.07 Å². The van der Waals surface area contributed by atoms with Crippen molar-refractivity contribution in [1.82, 2.24) is 4.72 Å². The van der Waals surface area contributed by atoms with Gasteiger partial charge < -0.3 is 9.64 Å². The predicted octanol–water partition coefficient (Wildman–Crippen LogP) is 7.93. The molecule has 1 aliphatic carbocycles. The first-order valence-corrected chi connectivity index (χ1v) is 16.4. The SMILES string of the molecule is CC.CCCc1cc(Cl)ccc1C1COc2ccc(C(=O)NS(=O)C(C)C(C)CC)cc2N(CC2CCC2)C1. The molecule has 7 heteroatoms. The Bertz CT molecular complexity index is 1120. The molecule has 5 nitrogen and oxygen atoms in total. The van der Waals surface area contributed by atoms with Crippen LogP contribution in [0.3, 0.4) is 0 Å². The van der Waals surface area contributed by atoms with E-state index in [1.807, 2.05) is 39.0 Å². The van der Waals surface area contributed by atoms with Crippen molar-refractivity contribution in [3.05, 3.63) is 58.1 Å². The Hall–Kier alpha value is -2.05. The molecule has 0 bridgehead atoms. The van der Waals surface area contributed by atoms with Crippen molar-refractivity contribution >= 4 is 34.2 Å². The number of aryl methyl sites for hydroxylation is 1. The predicted molar refractivity (Wildman–Crippen MR) is 166 cm³/mol. The molecule has 2 aromatic rings. The summed E-state index contributed by atoms with van der Waals surface area (Å²) < 4.78 is 21.9. The molecule has 0 radical (unpaired) electrons.